The van der Waals surface area contributed by atoms with Gasteiger partial charge in [0, 0.05) is 5.69 Å². The van der Waals surface area contributed by atoms with Crippen molar-refractivity contribution in [1.29, 1.82) is 5.26 Å². The number of nitriles is 1. The molecule has 0 spiro atoms. The van der Waals surface area contributed by atoms with Crippen LogP contribution >= 0.6 is 0 Å². The Morgan fingerprint density at radius 3 is 2.58 bits per heavy atom. The van der Waals surface area contributed by atoms with Gasteiger partial charge < -0.3 is 9.73 Å². The standard InChI is InChI=1S/C15H14N2O2/c1-9-4-5-12(8-16)7-14(9)17-15(18)13-6-10(2)19-11(13)3/h4-7H,1-3H3,(H,17,18). The summed E-state index contributed by atoms with van der Waals surface area (Å²) in [6.07, 6.45) is 0. The van der Waals surface area contributed by atoms with Crippen LogP contribution < -0.4 is 5.32 Å². The van der Waals surface area contributed by atoms with Gasteiger partial charge >= 0.3 is 0 Å². The molecule has 19 heavy (non-hydrogen) atoms. The summed E-state index contributed by atoms with van der Waals surface area (Å²) in [5.74, 6) is 1.06. The van der Waals surface area contributed by atoms with Crippen LogP contribution in [-0.4, -0.2) is 5.91 Å². The van der Waals surface area contributed by atoms with Gasteiger partial charge in [0.15, 0.2) is 0 Å². The maximum atomic E-state index is 12.1. The lowest BCUT2D eigenvalue weighted by Crippen LogP contribution is -2.13. The lowest BCUT2D eigenvalue weighted by atomic mass is 10.1. The summed E-state index contributed by atoms with van der Waals surface area (Å²) < 4.78 is 5.34. The number of nitrogens with zero attached hydrogens (tertiary/aromatic N) is 1. The van der Waals surface area contributed by atoms with Gasteiger partial charge in [-0.05, 0) is 44.5 Å². The average molecular weight is 254 g/mol. The zero-order chi connectivity index (χ0) is 14.0. The topological polar surface area (TPSA) is 66.0 Å². The minimum Gasteiger partial charge on any atom is -0.466 e. The first-order valence-corrected chi connectivity index (χ1v) is 5.90. The first-order valence-electron chi connectivity index (χ1n) is 5.90. The van der Waals surface area contributed by atoms with Crippen molar-refractivity contribution in [2.45, 2.75) is 20.8 Å². The van der Waals surface area contributed by atoms with E-state index < -0.39 is 0 Å². The van der Waals surface area contributed by atoms with Gasteiger partial charge in [0.1, 0.15) is 11.5 Å². The third-order valence-corrected chi connectivity index (χ3v) is 2.90. The fraction of sp³-hybridized carbons (Fsp3) is 0.200. The van der Waals surface area contributed by atoms with Crippen LogP contribution in [0.2, 0.25) is 0 Å². The molecule has 1 N–H and O–H groups in total. The summed E-state index contributed by atoms with van der Waals surface area (Å²) in [6, 6.07) is 8.95. The molecule has 1 aromatic heterocycles. The zero-order valence-corrected chi connectivity index (χ0v) is 11.1. The third kappa shape index (κ3) is 2.66. The van der Waals surface area contributed by atoms with Gasteiger partial charge in [-0.15, -0.1) is 0 Å². The number of aryl methyl sites for hydroxylation is 3. The van der Waals surface area contributed by atoms with Crippen molar-refractivity contribution in [3.8, 4) is 6.07 Å². The van der Waals surface area contributed by atoms with Gasteiger partial charge in [0.05, 0.1) is 17.2 Å². The molecule has 2 aromatic rings. The van der Waals surface area contributed by atoms with E-state index >= 15 is 0 Å². The van der Waals surface area contributed by atoms with Crippen LogP contribution in [-0.2, 0) is 0 Å². The quantitative estimate of drug-likeness (QED) is 0.893. The van der Waals surface area contributed by atoms with E-state index in [-0.39, 0.29) is 5.91 Å². The fourth-order valence-electron chi connectivity index (χ4n) is 1.87. The molecule has 1 amide bonds. The molecular formula is C15H14N2O2. The van der Waals surface area contributed by atoms with E-state index in [9.17, 15) is 4.79 Å². The number of carbonyl (C=O) groups is 1. The molecular weight excluding hydrogens is 240 g/mol. The molecule has 0 saturated carbocycles. The normalized spacial score (nSPS) is 10.0. The van der Waals surface area contributed by atoms with Crippen molar-refractivity contribution in [1.82, 2.24) is 0 Å². The van der Waals surface area contributed by atoms with E-state index in [4.69, 9.17) is 9.68 Å². The Kier molecular flexibility index (Phi) is 3.39. The number of carbonyl (C=O) groups excluding carboxylic acids is 1. The molecule has 0 bridgehead atoms. The largest absolute Gasteiger partial charge is 0.466 e. The summed E-state index contributed by atoms with van der Waals surface area (Å²) in [5, 5.41) is 11.7. The van der Waals surface area contributed by atoms with Gasteiger partial charge in [0.2, 0.25) is 0 Å². The van der Waals surface area contributed by atoms with Crippen molar-refractivity contribution in [3.63, 3.8) is 0 Å². The Bertz CT molecular complexity index is 678. The fourth-order valence-corrected chi connectivity index (χ4v) is 1.87. The van der Waals surface area contributed by atoms with Gasteiger partial charge in [-0.25, -0.2) is 0 Å². The molecule has 0 unspecified atom stereocenters. The lowest BCUT2D eigenvalue weighted by molar-refractivity contribution is 0.102. The highest BCUT2D eigenvalue weighted by molar-refractivity contribution is 6.05. The highest BCUT2D eigenvalue weighted by atomic mass is 16.3. The maximum absolute atomic E-state index is 12.1. The maximum Gasteiger partial charge on any atom is 0.259 e. The minimum absolute atomic E-state index is 0.229. The van der Waals surface area contributed by atoms with Gasteiger partial charge in [-0.1, -0.05) is 6.07 Å². The first kappa shape index (κ1) is 12.9. The Hall–Kier alpha value is -2.54. The monoisotopic (exact) mass is 254 g/mol. The van der Waals surface area contributed by atoms with Gasteiger partial charge in [-0.2, -0.15) is 5.26 Å². The highest BCUT2D eigenvalue weighted by Gasteiger charge is 2.14. The molecule has 2 rings (SSSR count). The van der Waals surface area contributed by atoms with Crippen molar-refractivity contribution < 1.29 is 9.21 Å². The Labute approximate surface area is 111 Å². The van der Waals surface area contributed by atoms with Crippen LogP contribution in [0.15, 0.2) is 28.7 Å². The third-order valence-electron chi connectivity index (χ3n) is 2.90. The smallest absolute Gasteiger partial charge is 0.259 e. The van der Waals surface area contributed by atoms with Crippen LogP contribution in [0, 0.1) is 32.1 Å². The van der Waals surface area contributed by atoms with E-state index in [1.807, 2.05) is 13.0 Å². The molecule has 0 aliphatic rings. The molecule has 0 atom stereocenters. The highest BCUT2D eigenvalue weighted by Crippen LogP contribution is 2.20. The average Bonchev–Trinajstić information content (AvgIpc) is 2.71. The molecule has 0 saturated heterocycles. The van der Waals surface area contributed by atoms with Crippen LogP contribution in [0.1, 0.15) is 33.0 Å². The van der Waals surface area contributed by atoms with Crippen molar-refractivity contribution in [3.05, 3.63) is 52.5 Å². The Morgan fingerprint density at radius 1 is 1.26 bits per heavy atom. The second kappa shape index (κ2) is 4.99. The molecule has 1 aromatic carbocycles. The first-order chi connectivity index (χ1) is 9.01. The van der Waals surface area contributed by atoms with E-state index in [1.165, 1.54) is 0 Å². The number of anilines is 1. The summed E-state index contributed by atoms with van der Waals surface area (Å²) in [6.45, 7) is 5.43. The van der Waals surface area contributed by atoms with Gasteiger partial charge in [0.25, 0.3) is 5.91 Å². The molecule has 0 fully saturated rings. The van der Waals surface area contributed by atoms with E-state index in [0.717, 1.165) is 5.56 Å². The molecule has 0 aliphatic carbocycles. The van der Waals surface area contributed by atoms with Crippen molar-refractivity contribution in [2.75, 3.05) is 5.32 Å². The number of benzene rings is 1. The van der Waals surface area contributed by atoms with Gasteiger partial charge in [-0.3, -0.25) is 4.79 Å². The van der Waals surface area contributed by atoms with Crippen LogP contribution in [0.3, 0.4) is 0 Å². The molecule has 4 nitrogen and oxygen atoms in total. The zero-order valence-electron chi connectivity index (χ0n) is 11.1. The molecule has 1 heterocycles. The molecule has 0 aliphatic heterocycles. The molecule has 4 heteroatoms. The van der Waals surface area contributed by atoms with Crippen molar-refractivity contribution in [2.24, 2.45) is 0 Å². The molecule has 0 radical (unpaired) electrons. The Balaban J connectivity index is 2.29. The number of amides is 1. The van der Waals surface area contributed by atoms with E-state index in [0.29, 0.717) is 28.3 Å². The summed E-state index contributed by atoms with van der Waals surface area (Å²) in [4.78, 5) is 12.1. The summed E-state index contributed by atoms with van der Waals surface area (Å²) in [5.41, 5.74) is 2.58. The van der Waals surface area contributed by atoms with Crippen LogP contribution in [0.5, 0.6) is 0 Å². The Morgan fingerprint density at radius 2 is 2.00 bits per heavy atom. The number of furan rings is 1. The SMILES string of the molecule is Cc1cc(C(=O)Nc2cc(C#N)ccc2C)c(C)o1. The summed E-state index contributed by atoms with van der Waals surface area (Å²) >= 11 is 0. The van der Waals surface area contributed by atoms with E-state index in [1.54, 1.807) is 32.0 Å². The lowest BCUT2D eigenvalue weighted by Gasteiger charge is -2.08. The number of hydrogen-bond donors (Lipinski definition) is 1. The minimum atomic E-state index is -0.229. The number of nitrogens with one attached hydrogen (secondary N) is 1. The molecule has 96 valence electrons. The van der Waals surface area contributed by atoms with E-state index in [2.05, 4.69) is 11.4 Å². The summed E-state index contributed by atoms with van der Waals surface area (Å²) in [7, 11) is 0. The second-order valence-electron chi connectivity index (χ2n) is 4.42. The predicted molar refractivity (Wildman–Crippen MR) is 72.0 cm³/mol. The number of hydrogen-bond acceptors (Lipinski definition) is 3. The predicted octanol–water partition coefficient (Wildman–Crippen LogP) is 3.33. The van der Waals surface area contributed by atoms with Crippen molar-refractivity contribution >= 4 is 11.6 Å². The van der Waals surface area contributed by atoms with Crippen LogP contribution in [0.4, 0.5) is 5.69 Å². The second-order valence-corrected chi connectivity index (χ2v) is 4.42. The number of rotatable bonds is 2. The van der Waals surface area contributed by atoms with Crippen LogP contribution in [0.25, 0.3) is 0 Å².